The molecule has 1 aliphatic rings. The number of rotatable bonds is 6. The maximum absolute atomic E-state index is 9.27. The molecule has 1 atom stereocenters. The van der Waals surface area contributed by atoms with E-state index in [4.69, 9.17) is 14.7 Å². The van der Waals surface area contributed by atoms with E-state index in [0.717, 1.165) is 31.9 Å². The van der Waals surface area contributed by atoms with E-state index in [1.165, 1.54) is 0 Å². The fourth-order valence-electron chi connectivity index (χ4n) is 2.26. The molecule has 20 heavy (non-hydrogen) atoms. The van der Waals surface area contributed by atoms with Crippen molar-refractivity contribution in [1.82, 2.24) is 4.90 Å². The Morgan fingerprint density at radius 3 is 3.20 bits per heavy atom. The SMILES string of the molecule is N#Cc1cccc(OCCCN2CCOCC2CO)c1. The van der Waals surface area contributed by atoms with E-state index in [0.29, 0.717) is 18.8 Å². The van der Waals surface area contributed by atoms with Gasteiger partial charge in [-0.1, -0.05) is 6.07 Å². The smallest absolute Gasteiger partial charge is 0.120 e. The number of hydrogen-bond donors (Lipinski definition) is 1. The van der Waals surface area contributed by atoms with Gasteiger partial charge in [-0.15, -0.1) is 0 Å². The molecule has 0 radical (unpaired) electrons. The van der Waals surface area contributed by atoms with Crippen LogP contribution >= 0.6 is 0 Å². The summed E-state index contributed by atoms with van der Waals surface area (Å²) in [5.41, 5.74) is 0.607. The van der Waals surface area contributed by atoms with Gasteiger partial charge in [0.05, 0.1) is 44.1 Å². The lowest BCUT2D eigenvalue weighted by atomic mass is 10.2. The Morgan fingerprint density at radius 2 is 2.40 bits per heavy atom. The van der Waals surface area contributed by atoms with Crippen molar-refractivity contribution in [3.63, 3.8) is 0 Å². The molecular weight excluding hydrogens is 256 g/mol. The zero-order valence-electron chi connectivity index (χ0n) is 11.5. The lowest BCUT2D eigenvalue weighted by Crippen LogP contribution is -2.47. The summed E-state index contributed by atoms with van der Waals surface area (Å²) in [5, 5.41) is 18.1. The van der Waals surface area contributed by atoms with Crippen LogP contribution < -0.4 is 4.74 Å². The predicted octanol–water partition coefficient (Wildman–Crippen LogP) is 1.02. The third-order valence-electron chi connectivity index (χ3n) is 3.38. The molecule has 0 bridgehead atoms. The van der Waals surface area contributed by atoms with E-state index in [9.17, 15) is 5.11 Å². The maximum atomic E-state index is 9.27. The molecule has 1 heterocycles. The summed E-state index contributed by atoms with van der Waals surface area (Å²) in [6, 6.07) is 9.36. The van der Waals surface area contributed by atoms with Gasteiger partial charge in [-0.25, -0.2) is 0 Å². The fourth-order valence-corrected chi connectivity index (χ4v) is 2.26. The summed E-state index contributed by atoms with van der Waals surface area (Å²) in [4.78, 5) is 2.23. The van der Waals surface area contributed by atoms with Gasteiger partial charge in [0.2, 0.25) is 0 Å². The van der Waals surface area contributed by atoms with Gasteiger partial charge < -0.3 is 14.6 Å². The van der Waals surface area contributed by atoms with Gasteiger partial charge in [-0.3, -0.25) is 4.90 Å². The van der Waals surface area contributed by atoms with Crippen molar-refractivity contribution in [2.24, 2.45) is 0 Å². The van der Waals surface area contributed by atoms with Gasteiger partial charge in [-0.05, 0) is 24.6 Å². The highest BCUT2D eigenvalue weighted by Gasteiger charge is 2.21. The Labute approximate surface area is 119 Å². The van der Waals surface area contributed by atoms with E-state index in [1.54, 1.807) is 12.1 Å². The first-order valence-electron chi connectivity index (χ1n) is 6.89. The number of aliphatic hydroxyl groups is 1. The van der Waals surface area contributed by atoms with Gasteiger partial charge in [-0.2, -0.15) is 5.26 Å². The molecule has 1 saturated heterocycles. The maximum Gasteiger partial charge on any atom is 0.120 e. The number of nitriles is 1. The summed E-state index contributed by atoms with van der Waals surface area (Å²) in [5.74, 6) is 0.727. The Kier molecular flexibility index (Phi) is 5.81. The van der Waals surface area contributed by atoms with Crippen LogP contribution in [0.5, 0.6) is 5.75 Å². The van der Waals surface area contributed by atoms with Crippen LogP contribution in [-0.4, -0.2) is 55.6 Å². The van der Waals surface area contributed by atoms with Crippen molar-refractivity contribution in [1.29, 1.82) is 5.26 Å². The normalized spacial score (nSPS) is 19.5. The Morgan fingerprint density at radius 1 is 1.50 bits per heavy atom. The Balaban J connectivity index is 1.71. The standard InChI is InChI=1S/C15H20N2O3/c16-10-13-3-1-4-15(9-13)20-7-2-5-17-6-8-19-12-14(17)11-18/h1,3-4,9,14,18H,2,5-8,11-12H2. The third kappa shape index (κ3) is 4.20. The molecule has 1 unspecified atom stereocenters. The molecule has 1 N–H and O–H groups in total. The van der Waals surface area contributed by atoms with E-state index >= 15 is 0 Å². The molecule has 5 nitrogen and oxygen atoms in total. The minimum atomic E-state index is 0.102. The molecule has 0 saturated carbocycles. The van der Waals surface area contributed by atoms with Crippen LogP contribution in [0.3, 0.4) is 0 Å². The van der Waals surface area contributed by atoms with Gasteiger partial charge >= 0.3 is 0 Å². The number of benzene rings is 1. The van der Waals surface area contributed by atoms with Crippen molar-refractivity contribution in [2.45, 2.75) is 12.5 Å². The first-order valence-corrected chi connectivity index (χ1v) is 6.89. The fraction of sp³-hybridized carbons (Fsp3) is 0.533. The predicted molar refractivity (Wildman–Crippen MR) is 74.5 cm³/mol. The number of ether oxygens (including phenoxy) is 2. The van der Waals surface area contributed by atoms with E-state index in [1.807, 2.05) is 12.1 Å². The largest absolute Gasteiger partial charge is 0.494 e. The lowest BCUT2D eigenvalue weighted by molar-refractivity contribution is -0.0287. The summed E-state index contributed by atoms with van der Waals surface area (Å²) < 4.78 is 11.0. The molecule has 1 aromatic carbocycles. The highest BCUT2D eigenvalue weighted by molar-refractivity contribution is 5.36. The minimum Gasteiger partial charge on any atom is -0.494 e. The van der Waals surface area contributed by atoms with Gasteiger partial charge in [0.25, 0.3) is 0 Å². The summed E-state index contributed by atoms with van der Waals surface area (Å²) in [6.07, 6.45) is 0.882. The van der Waals surface area contributed by atoms with Crippen molar-refractivity contribution >= 4 is 0 Å². The van der Waals surface area contributed by atoms with Gasteiger partial charge in [0, 0.05) is 13.1 Å². The summed E-state index contributed by atoms with van der Waals surface area (Å²) >= 11 is 0. The second kappa shape index (κ2) is 7.85. The average Bonchev–Trinajstić information content (AvgIpc) is 2.52. The molecule has 1 fully saturated rings. The number of hydrogen-bond acceptors (Lipinski definition) is 5. The van der Waals surface area contributed by atoms with Crippen molar-refractivity contribution < 1.29 is 14.6 Å². The van der Waals surface area contributed by atoms with Gasteiger partial charge in [0.15, 0.2) is 0 Å². The van der Waals surface area contributed by atoms with Crippen LogP contribution in [0, 0.1) is 11.3 Å². The number of aliphatic hydroxyl groups excluding tert-OH is 1. The summed E-state index contributed by atoms with van der Waals surface area (Å²) in [6.45, 7) is 3.79. The highest BCUT2D eigenvalue weighted by atomic mass is 16.5. The third-order valence-corrected chi connectivity index (χ3v) is 3.38. The van der Waals surface area contributed by atoms with Crippen LogP contribution in [0.15, 0.2) is 24.3 Å². The zero-order chi connectivity index (χ0) is 14.2. The van der Waals surface area contributed by atoms with Crippen LogP contribution in [0.1, 0.15) is 12.0 Å². The molecule has 0 aromatic heterocycles. The average molecular weight is 276 g/mol. The molecule has 2 rings (SSSR count). The molecule has 108 valence electrons. The molecule has 1 aromatic rings. The van der Waals surface area contributed by atoms with Crippen molar-refractivity contribution in [3.8, 4) is 11.8 Å². The summed E-state index contributed by atoms with van der Waals surface area (Å²) in [7, 11) is 0. The number of morpholine rings is 1. The second-order valence-electron chi connectivity index (χ2n) is 4.79. The second-order valence-corrected chi connectivity index (χ2v) is 4.79. The van der Waals surface area contributed by atoms with Crippen molar-refractivity contribution in [2.75, 3.05) is 39.5 Å². The number of nitrogens with zero attached hydrogens (tertiary/aromatic N) is 2. The van der Waals surface area contributed by atoms with Crippen LogP contribution in [0.25, 0.3) is 0 Å². The van der Waals surface area contributed by atoms with E-state index in [2.05, 4.69) is 11.0 Å². The van der Waals surface area contributed by atoms with Gasteiger partial charge in [0.1, 0.15) is 5.75 Å². The van der Waals surface area contributed by atoms with Crippen molar-refractivity contribution in [3.05, 3.63) is 29.8 Å². The highest BCUT2D eigenvalue weighted by Crippen LogP contribution is 2.13. The van der Waals surface area contributed by atoms with Crippen LogP contribution in [0.4, 0.5) is 0 Å². The first kappa shape index (κ1) is 14.8. The lowest BCUT2D eigenvalue weighted by Gasteiger charge is -2.34. The molecular formula is C15H20N2O3. The Bertz CT molecular complexity index is 459. The molecule has 0 amide bonds. The van der Waals surface area contributed by atoms with E-state index < -0.39 is 0 Å². The van der Waals surface area contributed by atoms with Crippen LogP contribution in [0.2, 0.25) is 0 Å². The Hall–Kier alpha value is -1.61. The quantitative estimate of drug-likeness (QED) is 0.786. The first-order chi connectivity index (χ1) is 9.83. The monoisotopic (exact) mass is 276 g/mol. The molecule has 0 spiro atoms. The molecule has 0 aliphatic carbocycles. The molecule has 1 aliphatic heterocycles. The zero-order valence-corrected chi connectivity index (χ0v) is 11.5. The molecule has 5 heteroatoms. The van der Waals surface area contributed by atoms with Crippen LogP contribution in [-0.2, 0) is 4.74 Å². The van der Waals surface area contributed by atoms with E-state index in [-0.39, 0.29) is 12.6 Å². The topological polar surface area (TPSA) is 65.7 Å². The minimum absolute atomic E-state index is 0.102.